The van der Waals surface area contributed by atoms with Crippen LogP contribution in [0.1, 0.15) is 31.8 Å². The van der Waals surface area contributed by atoms with Crippen molar-refractivity contribution in [2.45, 2.75) is 13.5 Å². The molecular weight excluding hydrogens is 342 g/mol. The third-order valence-electron chi connectivity index (χ3n) is 4.13. The van der Waals surface area contributed by atoms with Crippen LogP contribution in [0.3, 0.4) is 0 Å². The summed E-state index contributed by atoms with van der Waals surface area (Å²) in [4.78, 5) is 36.3. The zero-order valence-corrected chi connectivity index (χ0v) is 14.8. The van der Waals surface area contributed by atoms with Crippen molar-refractivity contribution >= 4 is 17.5 Å². The topological polar surface area (TPSA) is 94.2 Å². The Morgan fingerprint density at radius 2 is 1.78 bits per heavy atom. The molecule has 0 bridgehead atoms. The fraction of sp³-hybridized carbons (Fsp3) is 0.0952. The number of hydrogen-bond acceptors (Lipinski definition) is 3. The van der Waals surface area contributed by atoms with Gasteiger partial charge in [0.1, 0.15) is 5.56 Å². The summed E-state index contributed by atoms with van der Waals surface area (Å²) in [5, 5.41) is 2.66. The Morgan fingerprint density at radius 1 is 1.04 bits per heavy atom. The third-order valence-corrected chi connectivity index (χ3v) is 4.13. The normalized spacial score (nSPS) is 10.4. The summed E-state index contributed by atoms with van der Waals surface area (Å²) in [7, 11) is 0. The van der Waals surface area contributed by atoms with Crippen LogP contribution >= 0.6 is 0 Å². The Morgan fingerprint density at radius 3 is 2.44 bits per heavy atom. The lowest BCUT2D eigenvalue weighted by atomic mass is 10.1. The van der Waals surface area contributed by atoms with E-state index in [2.05, 4.69) is 5.32 Å². The summed E-state index contributed by atoms with van der Waals surface area (Å²) in [6, 6.07) is 17.2. The van der Waals surface area contributed by atoms with Gasteiger partial charge in [0, 0.05) is 17.4 Å². The van der Waals surface area contributed by atoms with Gasteiger partial charge in [-0.25, -0.2) is 0 Å². The summed E-state index contributed by atoms with van der Waals surface area (Å²) in [6.45, 7) is 2.37. The summed E-state index contributed by atoms with van der Waals surface area (Å²) in [5.74, 6) is -1.06. The van der Waals surface area contributed by atoms with Gasteiger partial charge in [0.2, 0.25) is 5.91 Å². The molecule has 3 rings (SSSR count). The number of amides is 2. The van der Waals surface area contributed by atoms with Gasteiger partial charge in [0.15, 0.2) is 0 Å². The van der Waals surface area contributed by atoms with E-state index in [0.717, 1.165) is 11.1 Å². The average molecular weight is 361 g/mol. The Kier molecular flexibility index (Phi) is 5.17. The molecular formula is C21H19N3O3. The minimum atomic E-state index is -0.546. The molecule has 0 saturated heterocycles. The number of carbonyl (C=O) groups is 2. The van der Waals surface area contributed by atoms with Crippen LogP contribution < -0.4 is 16.6 Å². The Balaban J connectivity index is 1.81. The maximum absolute atomic E-state index is 12.7. The molecule has 136 valence electrons. The molecule has 1 heterocycles. The van der Waals surface area contributed by atoms with Crippen molar-refractivity contribution in [2.75, 3.05) is 5.32 Å². The largest absolute Gasteiger partial charge is 0.366 e. The van der Waals surface area contributed by atoms with Gasteiger partial charge in [-0.15, -0.1) is 0 Å². The lowest BCUT2D eigenvalue weighted by molar-refractivity contribution is 0.0998. The van der Waals surface area contributed by atoms with E-state index < -0.39 is 11.8 Å². The van der Waals surface area contributed by atoms with Gasteiger partial charge in [-0.3, -0.25) is 14.4 Å². The predicted molar refractivity (Wildman–Crippen MR) is 104 cm³/mol. The standard InChI is InChI=1S/C21H19N3O3/c1-14-4-2-5-15(12-14)13-24-11-3-6-18(21(24)27)20(26)23-17-9-7-16(8-10-17)19(22)25/h2-12H,13H2,1H3,(H2,22,25)(H,23,26). The number of aromatic nitrogens is 1. The Hall–Kier alpha value is -3.67. The van der Waals surface area contributed by atoms with Crippen LogP contribution in [0.25, 0.3) is 0 Å². The van der Waals surface area contributed by atoms with E-state index in [0.29, 0.717) is 17.8 Å². The maximum Gasteiger partial charge on any atom is 0.263 e. The lowest BCUT2D eigenvalue weighted by Crippen LogP contribution is -2.29. The SMILES string of the molecule is Cc1cccc(Cn2cccc(C(=O)Nc3ccc(C(N)=O)cc3)c2=O)c1. The second-order valence-electron chi connectivity index (χ2n) is 6.24. The van der Waals surface area contributed by atoms with Crippen LogP contribution in [-0.4, -0.2) is 16.4 Å². The molecule has 0 saturated carbocycles. The second kappa shape index (κ2) is 7.70. The van der Waals surface area contributed by atoms with Crippen molar-refractivity contribution in [1.82, 2.24) is 4.57 Å². The molecule has 6 heteroatoms. The van der Waals surface area contributed by atoms with E-state index in [1.54, 1.807) is 24.4 Å². The van der Waals surface area contributed by atoms with Crippen molar-refractivity contribution in [3.05, 3.63) is 99.5 Å². The first-order chi connectivity index (χ1) is 12.9. The number of anilines is 1. The molecule has 3 N–H and O–H groups in total. The monoisotopic (exact) mass is 361 g/mol. The Labute approximate surface area is 156 Å². The predicted octanol–water partition coefficient (Wildman–Crippen LogP) is 2.56. The molecule has 0 aliphatic rings. The summed E-state index contributed by atoms with van der Waals surface area (Å²) >= 11 is 0. The molecule has 6 nitrogen and oxygen atoms in total. The van der Waals surface area contributed by atoms with E-state index in [1.807, 2.05) is 31.2 Å². The molecule has 1 aromatic heterocycles. The fourth-order valence-electron chi connectivity index (χ4n) is 2.76. The molecule has 2 aromatic carbocycles. The van der Waals surface area contributed by atoms with Crippen LogP contribution in [0.4, 0.5) is 5.69 Å². The Bertz CT molecular complexity index is 1050. The van der Waals surface area contributed by atoms with E-state index in [1.165, 1.54) is 22.8 Å². The van der Waals surface area contributed by atoms with Crippen molar-refractivity contribution in [1.29, 1.82) is 0 Å². The van der Waals surface area contributed by atoms with E-state index in [4.69, 9.17) is 5.73 Å². The van der Waals surface area contributed by atoms with E-state index in [9.17, 15) is 14.4 Å². The number of benzene rings is 2. The lowest BCUT2D eigenvalue weighted by Gasteiger charge is -2.10. The number of nitrogens with zero attached hydrogens (tertiary/aromatic N) is 1. The number of hydrogen-bond donors (Lipinski definition) is 2. The summed E-state index contributed by atoms with van der Waals surface area (Å²) in [5.41, 5.74) is 7.77. The minimum absolute atomic E-state index is 0.0455. The van der Waals surface area contributed by atoms with Crippen molar-refractivity contribution in [2.24, 2.45) is 5.73 Å². The van der Waals surface area contributed by atoms with E-state index in [-0.39, 0.29) is 11.1 Å². The van der Waals surface area contributed by atoms with Crippen molar-refractivity contribution < 1.29 is 9.59 Å². The molecule has 0 aliphatic heterocycles. The first-order valence-electron chi connectivity index (χ1n) is 8.40. The highest BCUT2D eigenvalue weighted by atomic mass is 16.2. The van der Waals surface area contributed by atoms with Gasteiger partial charge < -0.3 is 15.6 Å². The van der Waals surface area contributed by atoms with Crippen molar-refractivity contribution in [3.63, 3.8) is 0 Å². The molecule has 0 spiro atoms. The molecule has 0 unspecified atom stereocenters. The molecule has 0 atom stereocenters. The average Bonchev–Trinajstić information content (AvgIpc) is 2.64. The number of primary amides is 1. The van der Waals surface area contributed by atoms with Crippen LogP contribution in [0.2, 0.25) is 0 Å². The number of nitrogens with two attached hydrogens (primary N) is 1. The highest BCUT2D eigenvalue weighted by Crippen LogP contribution is 2.11. The number of nitrogens with one attached hydrogen (secondary N) is 1. The highest BCUT2D eigenvalue weighted by Gasteiger charge is 2.13. The number of carbonyl (C=O) groups excluding carboxylic acids is 2. The first-order valence-corrected chi connectivity index (χ1v) is 8.40. The second-order valence-corrected chi connectivity index (χ2v) is 6.24. The number of aryl methyl sites for hydroxylation is 1. The quantitative estimate of drug-likeness (QED) is 0.731. The van der Waals surface area contributed by atoms with Crippen LogP contribution in [-0.2, 0) is 6.54 Å². The van der Waals surface area contributed by atoms with Gasteiger partial charge in [-0.05, 0) is 48.9 Å². The fourth-order valence-corrected chi connectivity index (χ4v) is 2.76. The first kappa shape index (κ1) is 18.1. The maximum atomic E-state index is 12.7. The van der Waals surface area contributed by atoms with Gasteiger partial charge in [-0.2, -0.15) is 0 Å². The van der Waals surface area contributed by atoms with Gasteiger partial charge in [-0.1, -0.05) is 29.8 Å². The summed E-state index contributed by atoms with van der Waals surface area (Å²) < 4.78 is 1.50. The zero-order chi connectivity index (χ0) is 19.4. The van der Waals surface area contributed by atoms with Crippen molar-refractivity contribution in [3.8, 4) is 0 Å². The highest BCUT2D eigenvalue weighted by molar-refractivity contribution is 6.04. The zero-order valence-electron chi connectivity index (χ0n) is 14.8. The third kappa shape index (κ3) is 4.30. The molecule has 27 heavy (non-hydrogen) atoms. The molecule has 2 amide bonds. The molecule has 0 radical (unpaired) electrons. The molecule has 3 aromatic rings. The summed E-state index contributed by atoms with van der Waals surface area (Å²) in [6.07, 6.45) is 1.66. The minimum Gasteiger partial charge on any atom is -0.366 e. The van der Waals surface area contributed by atoms with Crippen LogP contribution in [0.15, 0.2) is 71.7 Å². The smallest absolute Gasteiger partial charge is 0.263 e. The van der Waals surface area contributed by atoms with Gasteiger partial charge >= 0.3 is 0 Å². The van der Waals surface area contributed by atoms with E-state index >= 15 is 0 Å². The van der Waals surface area contributed by atoms with Crippen LogP contribution in [0.5, 0.6) is 0 Å². The number of rotatable bonds is 5. The van der Waals surface area contributed by atoms with Crippen LogP contribution in [0, 0.1) is 6.92 Å². The van der Waals surface area contributed by atoms with Gasteiger partial charge in [0.05, 0.1) is 6.54 Å². The molecule has 0 aliphatic carbocycles. The molecule has 0 fully saturated rings. The number of pyridine rings is 1. The van der Waals surface area contributed by atoms with Gasteiger partial charge in [0.25, 0.3) is 11.5 Å².